The molecular weight excluding hydrogens is 422 g/mol. The molecular formula is C20H23N5O3S2. The van der Waals surface area contributed by atoms with Gasteiger partial charge >= 0.3 is 0 Å². The Morgan fingerprint density at radius 2 is 1.97 bits per heavy atom. The number of hydrogen-bond acceptors (Lipinski definition) is 7. The van der Waals surface area contributed by atoms with Gasteiger partial charge in [0.1, 0.15) is 11.6 Å². The third-order valence-electron chi connectivity index (χ3n) is 5.11. The smallest absolute Gasteiger partial charge is 0.253 e. The first-order valence-electron chi connectivity index (χ1n) is 10.0. The first-order chi connectivity index (χ1) is 14.5. The molecule has 1 aromatic heterocycles. The van der Waals surface area contributed by atoms with Gasteiger partial charge in [-0.25, -0.2) is 0 Å². The van der Waals surface area contributed by atoms with Crippen molar-refractivity contribution < 1.29 is 14.4 Å². The molecule has 0 spiro atoms. The zero-order valence-electron chi connectivity index (χ0n) is 16.7. The van der Waals surface area contributed by atoms with Gasteiger partial charge in [0.15, 0.2) is 0 Å². The third-order valence-corrected chi connectivity index (χ3v) is 7.14. The van der Waals surface area contributed by atoms with Crippen molar-refractivity contribution in [1.82, 2.24) is 15.1 Å². The van der Waals surface area contributed by atoms with Crippen LogP contribution in [-0.2, 0) is 16.0 Å². The summed E-state index contributed by atoms with van der Waals surface area (Å²) in [5, 5.41) is 11.9. The molecule has 2 aromatic rings. The molecule has 3 heterocycles. The van der Waals surface area contributed by atoms with E-state index in [1.165, 1.54) is 28.0 Å². The Balaban J connectivity index is 1.52. The number of thioether (sulfide) groups is 1. The van der Waals surface area contributed by atoms with Gasteiger partial charge in [0, 0.05) is 23.5 Å². The average molecular weight is 446 g/mol. The number of nitrogens with zero attached hydrogens (tertiary/aromatic N) is 4. The fourth-order valence-electron chi connectivity index (χ4n) is 3.54. The molecule has 10 heteroatoms. The number of fused-ring (bicyclic) bond motifs is 1. The number of benzene rings is 1. The van der Waals surface area contributed by atoms with Gasteiger partial charge in [-0.15, -0.1) is 22.0 Å². The van der Waals surface area contributed by atoms with Crippen molar-refractivity contribution in [2.75, 3.05) is 35.6 Å². The summed E-state index contributed by atoms with van der Waals surface area (Å²) in [6, 6.07) is 5.42. The van der Waals surface area contributed by atoms with Crippen molar-refractivity contribution in [3.05, 3.63) is 28.8 Å². The van der Waals surface area contributed by atoms with Gasteiger partial charge in [0.05, 0.1) is 11.4 Å². The highest BCUT2D eigenvalue weighted by atomic mass is 32.2. The minimum absolute atomic E-state index is 0.0223. The Labute approximate surface area is 183 Å². The number of piperidine rings is 1. The number of aromatic nitrogens is 2. The molecule has 0 bridgehead atoms. The van der Waals surface area contributed by atoms with Crippen molar-refractivity contribution in [1.29, 1.82) is 0 Å². The van der Waals surface area contributed by atoms with Crippen LogP contribution in [0.3, 0.4) is 0 Å². The van der Waals surface area contributed by atoms with Crippen LogP contribution in [0.15, 0.2) is 23.1 Å². The largest absolute Gasteiger partial charge is 0.339 e. The van der Waals surface area contributed by atoms with Crippen molar-refractivity contribution in [2.45, 2.75) is 37.5 Å². The predicted molar refractivity (Wildman–Crippen MR) is 117 cm³/mol. The SMILES string of the molecule is CCc1nnc(NC(=O)CN2C(=O)CSc3ccc(C(=O)N4CCCCC4)cc32)s1. The third kappa shape index (κ3) is 4.49. The lowest BCUT2D eigenvalue weighted by atomic mass is 10.1. The highest BCUT2D eigenvalue weighted by Gasteiger charge is 2.29. The molecule has 0 aliphatic carbocycles. The molecule has 0 atom stereocenters. The lowest BCUT2D eigenvalue weighted by Gasteiger charge is -2.30. The van der Waals surface area contributed by atoms with Crippen LogP contribution < -0.4 is 10.2 Å². The van der Waals surface area contributed by atoms with Crippen molar-refractivity contribution >= 4 is 51.6 Å². The van der Waals surface area contributed by atoms with Crippen molar-refractivity contribution in [2.24, 2.45) is 0 Å². The molecule has 1 N–H and O–H groups in total. The second-order valence-corrected chi connectivity index (χ2v) is 9.29. The number of carbonyl (C=O) groups is 3. The summed E-state index contributed by atoms with van der Waals surface area (Å²) in [6.07, 6.45) is 3.93. The zero-order valence-corrected chi connectivity index (χ0v) is 18.4. The van der Waals surface area contributed by atoms with Gasteiger partial charge in [-0.1, -0.05) is 18.3 Å². The summed E-state index contributed by atoms with van der Waals surface area (Å²) in [4.78, 5) is 42.2. The number of hydrogen-bond donors (Lipinski definition) is 1. The van der Waals surface area contributed by atoms with Gasteiger partial charge < -0.3 is 9.80 Å². The molecule has 3 amide bonds. The first-order valence-corrected chi connectivity index (χ1v) is 11.8. The fraction of sp³-hybridized carbons (Fsp3) is 0.450. The van der Waals surface area contributed by atoms with E-state index in [2.05, 4.69) is 15.5 Å². The molecule has 1 fully saturated rings. The molecule has 2 aliphatic rings. The lowest BCUT2D eigenvalue weighted by molar-refractivity contribution is -0.120. The first kappa shape index (κ1) is 20.8. The second kappa shape index (κ2) is 9.13. The summed E-state index contributed by atoms with van der Waals surface area (Å²) >= 11 is 2.75. The van der Waals surface area contributed by atoms with Crippen molar-refractivity contribution in [3.8, 4) is 0 Å². The zero-order chi connectivity index (χ0) is 21.1. The molecule has 0 radical (unpaired) electrons. The predicted octanol–water partition coefficient (Wildman–Crippen LogP) is 2.80. The van der Waals surface area contributed by atoms with E-state index in [9.17, 15) is 14.4 Å². The number of rotatable bonds is 5. The molecule has 30 heavy (non-hydrogen) atoms. The summed E-state index contributed by atoms with van der Waals surface area (Å²) in [6.45, 7) is 3.36. The summed E-state index contributed by atoms with van der Waals surface area (Å²) in [7, 11) is 0. The molecule has 4 rings (SSSR count). The van der Waals surface area contributed by atoms with Crippen LogP contribution in [0.25, 0.3) is 0 Å². The maximum Gasteiger partial charge on any atom is 0.253 e. The van der Waals surface area contributed by atoms with Gasteiger partial charge in [-0.2, -0.15) is 0 Å². The standard InChI is InChI=1S/C20H23N5O3S2/c1-2-17-22-23-20(30-17)21-16(26)11-25-14-10-13(6-7-15(14)29-12-18(25)27)19(28)24-8-4-3-5-9-24/h6-7,10H,2-5,8-9,11-12H2,1H3,(H,21,23,26). The van der Waals surface area contributed by atoms with Crippen LogP contribution in [0.1, 0.15) is 41.6 Å². The van der Waals surface area contributed by atoms with Gasteiger partial charge in [0.25, 0.3) is 5.91 Å². The molecule has 0 saturated carbocycles. The Morgan fingerprint density at radius 1 is 1.17 bits per heavy atom. The molecule has 158 valence electrons. The molecule has 8 nitrogen and oxygen atoms in total. The van der Waals surface area contributed by atoms with Crippen LogP contribution in [0, 0.1) is 0 Å². The topological polar surface area (TPSA) is 95.5 Å². The average Bonchev–Trinajstić information content (AvgIpc) is 3.23. The number of amides is 3. The van der Waals surface area contributed by atoms with Crippen LogP contribution in [0.4, 0.5) is 10.8 Å². The summed E-state index contributed by atoms with van der Waals surface area (Å²) in [5.41, 5.74) is 1.16. The van der Waals surface area contributed by atoms with Crippen molar-refractivity contribution in [3.63, 3.8) is 0 Å². The Bertz CT molecular complexity index is 971. The van der Waals surface area contributed by atoms with Gasteiger partial charge in [-0.05, 0) is 43.9 Å². The minimum Gasteiger partial charge on any atom is -0.339 e. The fourth-order valence-corrected chi connectivity index (χ4v) is 5.15. The highest BCUT2D eigenvalue weighted by Crippen LogP contribution is 2.36. The van der Waals surface area contributed by atoms with Gasteiger partial charge in [0.2, 0.25) is 16.9 Å². The van der Waals surface area contributed by atoms with Gasteiger partial charge in [-0.3, -0.25) is 19.7 Å². The van der Waals surface area contributed by atoms with E-state index in [0.29, 0.717) is 16.4 Å². The number of anilines is 2. The van der Waals surface area contributed by atoms with E-state index in [0.717, 1.165) is 48.7 Å². The number of carbonyl (C=O) groups excluding carboxylic acids is 3. The summed E-state index contributed by atoms with van der Waals surface area (Å²) < 4.78 is 0. The number of likely N-dealkylation sites (tertiary alicyclic amines) is 1. The highest BCUT2D eigenvalue weighted by molar-refractivity contribution is 8.00. The quantitative estimate of drug-likeness (QED) is 0.760. The molecule has 1 aromatic carbocycles. The molecule has 1 saturated heterocycles. The van der Waals surface area contributed by atoms with Crippen LogP contribution in [0.5, 0.6) is 0 Å². The van der Waals surface area contributed by atoms with E-state index in [1.807, 2.05) is 24.0 Å². The maximum atomic E-state index is 12.9. The van der Waals surface area contributed by atoms with E-state index >= 15 is 0 Å². The summed E-state index contributed by atoms with van der Waals surface area (Å²) in [5.74, 6) is -0.256. The molecule has 2 aliphatic heterocycles. The monoisotopic (exact) mass is 445 g/mol. The number of nitrogens with one attached hydrogen (secondary N) is 1. The van der Waals surface area contributed by atoms with Crippen LogP contribution in [0.2, 0.25) is 0 Å². The Kier molecular flexibility index (Phi) is 6.33. The minimum atomic E-state index is -0.340. The second-order valence-electron chi connectivity index (χ2n) is 7.21. The maximum absolute atomic E-state index is 12.9. The number of aryl methyl sites for hydroxylation is 1. The lowest BCUT2D eigenvalue weighted by Crippen LogP contribution is -2.41. The van der Waals surface area contributed by atoms with E-state index in [1.54, 1.807) is 6.07 Å². The van der Waals surface area contributed by atoms with E-state index in [-0.39, 0.29) is 30.0 Å². The van der Waals surface area contributed by atoms with Crippen LogP contribution >= 0.6 is 23.1 Å². The van der Waals surface area contributed by atoms with E-state index < -0.39 is 0 Å². The van der Waals surface area contributed by atoms with E-state index in [4.69, 9.17) is 0 Å². The van der Waals surface area contributed by atoms with Crippen LogP contribution in [-0.4, -0.2) is 58.2 Å². The normalized spacial score (nSPS) is 16.4. The Hall–Kier alpha value is -2.46. The Morgan fingerprint density at radius 3 is 2.70 bits per heavy atom. The molecule has 0 unspecified atom stereocenters.